The van der Waals surface area contributed by atoms with E-state index in [4.69, 9.17) is 11.6 Å². The second-order valence-corrected chi connectivity index (χ2v) is 6.66. The van der Waals surface area contributed by atoms with E-state index < -0.39 is 6.04 Å². The first kappa shape index (κ1) is 17.2. The third-order valence-corrected chi connectivity index (χ3v) is 4.75. The molecule has 134 valence electrons. The minimum absolute atomic E-state index is 0.138. The fraction of sp³-hybridized carbons (Fsp3) is 0.0952. The van der Waals surface area contributed by atoms with Gasteiger partial charge in [-0.25, -0.2) is 5.01 Å². The molecule has 6 heteroatoms. The number of aromatic nitrogens is 1. The van der Waals surface area contributed by atoms with Crippen molar-refractivity contribution in [1.82, 2.24) is 9.99 Å². The van der Waals surface area contributed by atoms with Crippen molar-refractivity contribution >= 4 is 23.2 Å². The number of carbonyl (C=O) groups is 1. The Labute approximate surface area is 161 Å². The van der Waals surface area contributed by atoms with Crippen molar-refractivity contribution in [2.45, 2.75) is 12.5 Å². The number of rotatable bonds is 3. The molecule has 0 fully saturated rings. The van der Waals surface area contributed by atoms with Gasteiger partial charge in [0, 0.05) is 29.4 Å². The third kappa shape index (κ3) is 3.41. The van der Waals surface area contributed by atoms with Crippen LogP contribution in [-0.4, -0.2) is 26.7 Å². The minimum Gasteiger partial charge on any atom is -0.508 e. The van der Waals surface area contributed by atoms with E-state index in [-0.39, 0.29) is 11.7 Å². The topological polar surface area (TPSA) is 65.8 Å². The van der Waals surface area contributed by atoms with Crippen molar-refractivity contribution in [3.8, 4) is 5.75 Å². The Morgan fingerprint density at radius 1 is 1.07 bits per heavy atom. The highest BCUT2D eigenvalue weighted by Gasteiger charge is 2.35. The Morgan fingerprint density at radius 3 is 2.56 bits per heavy atom. The minimum atomic E-state index is -0.399. The van der Waals surface area contributed by atoms with Crippen LogP contribution in [0.2, 0.25) is 5.02 Å². The maximum Gasteiger partial charge on any atom is 0.276 e. The highest BCUT2D eigenvalue weighted by atomic mass is 35.5. The molecule has 1 N–H and O–H groups in total. The Kier molecular flexibility index (Phi) is 4.60. The van der Waals surface area contributed by atoms with E-state index in [1.165, 1.54) is 11.2 Å². The smallest absolute Gasteiger partial charge is 0.276 e. The van der Waals surface area contributed by atoms with E-state index >= 15 is 0 Å². The average molecular weight is 378 g/mol. The number of amides is 1. The van der Waals surface area contributed by atoms with Gasteiger partial charge in [-0.2, -0.15) is 5.10 Å². The third-order valence-electron chi connectivity index (χ3n) is 4.50. The van der Waals surface area contributed by atoms with Crippen molar-refractivity contribution in [2.75, 3.05) is 0 Å². The second-order valence-electron chi connectivity index (χ2n) is 6.22. The number of phenols is 1. The molecule has 0 aliphatic carbocycles. The van der Waals surface area contributed by atoms with Gasteiger partial charge in [-0.15, -0.1) is 0 Å². The van der Waals surface area contributed by atoms with Crippen LogP contribution < -0.4 is 0 Å². The largest absolute Gasteiger partial charge is 0.508 e. The SMILES string of the molecule is O=C(c1cccnc1)N1N=C(c2ccc(Cl)cc2)C[C@@H]1c1ccccc1O. The number of nitrogens with zero attached hydrogens (tertiary/aromatic N) is 3. The first-order chi connectivity index (χ1) is 13.1. The van der Waals surface area contributed by atoms with Crippen LogP contribution in [0, 0.1) is 0 Å². The summed E-state index contributed by atoms with van der Waals surface area (Å²) in [6.07, 6.45) is 3.62. The molecule has 0 bridgehead atoms. The van der Waals surface area contributed by atoms with Crippen LogP contribution in [0.1, 0.15) is 33.9 Å². The van der Waals surface area contributed by atoms with Crippen LogP contribution in [0.4, 0.5) is 0 Å². The van der Waals surface area contributed by atoms with Crippen molar-refractivity contribution in [1.29, 1.82) is 0 Å². The van der Waals surface area contributed by atoms with Gasteiger partial charge in [0.05, 0.1) is 17.3 Å². The highest BCUT2D eigenvalue weighted by Crippen LogP contribution is 2.37. The first-order valence-corrected chi connectivity index (χ1v) is 8.86. The van der Waals surface area contributed by atoms with Crippen molar-refractivity contribution in [3.05, 3.63) is 94.8 Å². The molecule has 2 aromatic carbocycles. The number of carbonyl (C=O) groups excluding carboxylic acids is 1. The molecule has 1 aliphatic heterocycles. The van der Waals surface area contributed by atoms with Crippen molar-refractivity contribution in [2.24, 2.45) is 5.10 Å². The van der Waals surface area contributed by atoms with Crippen molar-refractivity contribution < 1.29 is 9.90 Å². The van der Waals surface area contributed by atoms with Crippen LogP contribution in [0.25, 0.3) is 0 Å². The summed E-state index contributed by atoms with van der Waals surface area (Å²) in [5, 5.41) is 17.0. The fourth-order valence-electron chi connectivity index (χ4n) is 3.15. The van der Waals surface area contributed by atoms with Gasteiger partial charge in [-0.3, -0.25) is 9.78 Å². The number of halogens is 1. The Hall–Kier alpha value is -3.18. The molecule has 0 unspecified atom stereocenters. The predicted octanol–water partition coefficient (Wildman–Crippen LogP) is 4.43. The predicted molar refractivity (Wildman–Crippen MR) is 104 cm³/mol. The summed E-state index contributed by atoms with van der Waals surface area (Å²) >= 11 is 5.98. The summed E-state index contributed by atoms with van der Waals surface area (Å²) in [5.41, 5.74) is 2.75. The van der Waals surface area contributed by atoms with Crippen LogP contribution in [-0.2, 0) is 0 Å². The molecule has 1 aromatic heterocycles. The lowest BCUT2D eigenvalue weighted by atomic mass is 9.97. The maximum atomic E-state index is 13.0. The first-order valence-electron chi connectivity index (χ1n) is 8.48. The quantitative estimate of drug-likeness (QED) is 0.734. The molecule has 1 atom stereocenters. The molecule has 2 heterocycles. The maximum absolute atomic E-state index is 13.0. The molecule has 3 aromatic rings. The summed E-state index contributed by atoms with van der Waals surface area (Å²) in [4.78, 5) is 17.1. The molecule has 27 heavy (non-hydrogen) atoms. The van der Waals surface area contributed by atoms with Crippen molar-refractivity contribution in [3.63, 3.8) is 0 Å². The van der Waals surface area contributed by atoms with E-state index in [9.17, 15) is 9.90 Å². The Balaban J connectivity index is 1.75. The monoisotopic (exact) mass is 377 g/mol. The van der Waals surface area contributed by atoms with E-state index in [0.717, 1.165) is 11.3 Å². The van der Waals surface area contributed by atoms with Gasteiger partial charge in [0.15, 0.2) is 0 Å². The molecule has 0 spiro atoms. The molecule has 0 radical (unpaired) electrons. The number of hydrogen-bond acceptors (Lipinski definition) is 4. The summed E-state index contributed by atoms with van der Waals surface area (Å²) in [5.74, 6) is -0.126. The molecule has 4 rings (SSSR count). The molecule has 0 saturated heterocycles. The zero-order valence-electron chi connectivity index (χ0n) is 14.3. The van der Waals surface area contributed by atoms with Gasteiger partial charge in [0.2, 0.25) is 0 Å². The van der Waals surface area contributed by atoms with Gasteiger partial charge in [-0.05, 0) is 35.9 Å². The van der Waals surface area contributed by atoms with Gasteiger partial charge in [0.25, 0.3) is 5.91 Å². The summed E-state index contributed by atoms with van der Waals surface area (Å²) < 4.78 is 0. The van der Waals surface area contributed by atoms with Crippen LogP contribution in [0.15, 0.2) is 78.2 Å². The molecular weight excluding hydrogens is 362 g/mol. The van der Waals surface area contributed by atoms with Gasteiger partial charge < -0.3 is 5.11 Å². The summed E-state index contributed by atoms with van der Waals surface area (Å²) in [6.45, 7) is 0. The molecule has 1 amide bonds. The van der Waals surface area contributed by atoms with Gasteiger partial charge in [-0.1, -0.05) is 41.9 Å². The molecule has 1 aliphatic rings. The number of pyridine rings is 1. The number of hydrazone groups is 1. The zero-order chi connectivity index (χ0) is 18.8. The number of hydrogen-bond donors (Lipinski definition) is 1. The Morgan fingerprint density at radius 2 is 1.85 bits per heavy atom. The fourth-order valence-corrected chi connectivity index (χ4v) is 3.27. The number of benzene rings is 2. The van der Waals surface area contributed by atoms with E-state index in [0.29, 0.717) is 22.6 Å². The summed E-state index contributed by atoms with van der Waals surface area (Å²) in [7, 11) is 0. The lowest BCUT2D eigenvalue weighted by Gasteiger charge is -2.22. The second kappa shape index (κ2) is 7.21. The lowest BCUT2D eigenvalue weighted by molar-refractivity contribution is 0.0709. The van der Waals surface area contributed by atoms with Gasteiger partial charge >= 0.3 is 0 Å². The summed E-state index contributed by atoms with van der Waals surface area (Å²) in [6, 6.07) is 17.4. The molecular formula is C21H16ClN3O2. The number of aromatic hydroxyl groups is 1. The van der Waals surface area contributed by atoms with Crippen LogP contribution in [0.3, 0.4) is 0 Å². The molecule has 0 saturated carbocycles. The highest BCUT2D eigenvalue weighted by molar-refractivity contribution is 6.30. The van der Waals surface area contributed by atoms with E-state index in [1.807, 2.05) is 24.3 Å². The van der Waals surface area contributed by atoms with Crippen LogP contribution >= 0.6 is 11.6 Å². The Bertz CT molecular complexity index is 1000. The van der Waals surface area contributed by atoms with E-state index in [2.05, 4.69) is 10.1 Å². The average Bonchev–Trinajstić information content (AvgIpc) is 3.14. The zero-order valence-corrected chi connectivity index (χ0v) is 15.0. The lowest BCUT2D eigenvalue weighted by Crippen LogP contribution is -2.27. The van der Waals surface area contributed by atoms with Crippen LogP contribution in [0.5, 0.6) is 5.75 Å². The van der Waals surface area contributed by atoms with E-state index in [1.54, 1.807) is 42.6 Å². The normalized spacial score (nSPS) is 16.3. The number of para-hydroxylation sites is 1. The number of phenolic OH excluding ortho intramolecular Hbond substituents is 1. The molecule has 5 nitrogen and oxygen atoms in total. The standard InChI is InChI=1S/C21H16ClN3O2/c22-16-9-7-14(8-10-16)18-12-19(17-5-1-2-6-20(17)26)25(24-18)21(27)15-4-3-11-23-13-15/h1-11,13,19,26H,12H2/t19-/m1/s1. The van der Waals surface area contributed by atoms with Gasteiger partial charge in [0.1, 0.15) is 5.75 Å².